The number of hydrogen-bond acceptors (Lipinski definition) is 4. The van der Waals surface area contributed by atoms with Crippen LogP contribution >= 0.6 is 15.9 Å². The van der Waals surface area contributed by atoms with Gasteiger partial charge in [-0.1, -0.05) is 88.7 Å². The fourth-order valence-electron chi connectivity index (χ4n) is 4.26. The van der Waals surface area contributed by atoms with Gasteiger partial charge in [-0.25, -0.2) is 13.2 Å². The van der Waals surface area contributed by atoms with Crippen molar-refractivity contribution in [1.29, 1.82) is 0 Å². The lowest BCUT2D eigenvalue weighted by molar-refractivity contribution is -0.124. The molecular formula is C29H26BrN3O4S. The lowest BCUT2D eigenvalue weighted by Gasteiger charge is -2.33. The van der Waals surface area contributed by atoms with E-state index in [0.29, 0.717) is 22.4 Å². The Bertz CT molecular complexity index is 1560. The number of primary amides is 1. The maximum absolute atomic E-state index is 13.1. The number of halogens is 1. The Morgan fingerprint density at radius 2 is 1.45 bits per heavy atom. The molecule has 0 unspecified atom stereocenters. The van der Waals surface area contributed by atoms with Gasteiger partial charge in [0.05, 0.1) is 4.90 Å². The number of sulfone groups is 1. The lowest BCUT2D eigenvalue weighted by Crippen LogP contribution is -2.57. The molecule has 1 atom stereocenters. The van der Waals surface area contributed by atoms with Crippen molar-refractivity contribution >= 4 is 43.4 Å². The number of nitrogens with one attached hydrogen (secondary N) is 2. The van der Waals surface area contributed by atoms with Crippen molar-refractivity contribution in [3.8, 4) is 11.1 Å². The van der Waals surface area contributed by atoms with E-state index in [1.165, 1.54) is 0 Å². The molecule has 0 heterocycles. The summed E-state index contributed by atoms with van der Waals surface area (Å²) in [6, 6.07) is 29.2. The van der Waals surface area contributed by atoms with E-state index in [2.05, 4.69) is 26.6 Å². The highest BCUT2D eigenvalue weighted by Gasteiger charge is 2.40. The van der Waals surface area contributed by atoms with Crippen molar-refractivity contribution in [2.45, 2.75) is 16.9 Å². The van der Waals surface area contributed by atoms with Crippen molar-refractivity contribution < 1.29 is 18.0 Å². The lowest BCUT2D eigenvalue weighted by atomic mass is 9.82. The van der Waals surface area contributed by atoms with Gasteiger partial charge in [0.2, 0.25) is 5.91 Å². The van der Waals surface area contributed by atoms with Crippen molar-refractivity contribution in [1.82, 2.24) is 5.32 Å². The van der Waals surface area contributed by atoms with Crippen molar-refractivity contribution in [3.63, 3.8) is 0 Å². The molecule has 4 rings (SSSR count). The minimum atomic E-state index is -3.47. The highest BCUT2D eigenvalue weighted by Crippen LogP contribution is 2.32. The quantitative estimate of drug-likeness (QED) is 0.259. The van der Waals surface area contributed by atoms with E-state index in [9.17, 15) is 18.0 Å². The number of nitrogens with two attached hydrogens (primary N) is 1. The van der Waals surface area contributed by atoms with E-state index in [4.69, 9.17) is 5.73 Å². The molecule has 0 aromatic heterocycles. The third-order valence-corrected chi connectivity index (χ3v) is 7.82. The Morgan fingerprint density at radius 1 is 0.842 bits per heavy atom. The summed E-state index contributed by atoms with van der Waals surface area (Å²) in [5.74, 6) is -0.739. The summed E-state index contributed by atoms with van der Waals surface area (Å²) in [5, 5.41) is 5.57. The number of rotatable bonds is 8. The van der Waals surface area contributed by atoms with Gasteiger partial charge < -0.3 is 16.4 Å². The van der Waals surface area contributed by atoms with Gasteiger partial charge >= 0.3 is 6.03 Å². The van der Waals surface area contributed by atoms with Crippen LogP contribution in [0.4, 0.5) is 10.5 Å². The number of hydrogen-bond donors (Lipinski definition) is 3. The predicted octanol–water partition coefficient (Wildman–Crippen LogP) is 5.26. The maximum Gasteiger partial charge on any atom is 0.320 e. The summed E-state index contributed by atoms with van der Waals surface area (Å²) in [7, 11) is -3.47. The molecule has 0 bridgehead atoms. The number of carbonyl (C=O) groups is 2. The zero-order valence-electron chi connectivity index (χ0n) is 20.5. The second-order valence-corrected chi connectivity index (χ2v) is 11.8. The van der Waals surface area contributed by atoms with Crippen LogP contribution in [0.15, 0.2) is 112 Å². The van der Waals surface area contributed by atoms with Gasteiger partial charge in [0.15, 0.2) is 9.84 Å². The number of urea groups is 1. The van der Waals surface area contributed by atoms with Crippen LogP contribution in [0.3, 0.4) is 0 Å². The Morgan fingerprint density at radius 3 is 2.05 bits per heavy atom. The van der Waals surface area contributed by atoms with E-state index < -0.39 is 27.3 Å². The maximum atomic E-state index is 13.1. The van der Waals surface area contributed by atoms with Crippen LogP contribution in [0.5, 0.6) is 0 Å². The number of carbonyl (C=O) groups excluding carboxylic acids is 2. The molecule has 0 saturated heterocycles. The highest BCUT2D eigenvalue weighted by molar-refractivity contribution is 9.10. The average molecular weight is 593 g/mol. The average Bonchev–Trinajstić information content (AvgIpc) is 2.89. The molecule has 0 radical (unpaired) electrons. The number of benzene rings is 4. The van der Waals surface area contributed by atoms with Crippen molar-refractivity contribution in [3.05, 3.63) is 119 Å². The van der Waals surface area contributed by atoms with E-state index in [1.807, 2.05) is 30.3 Å². The Hall–Kier alpha value is -3.95. The molecule has 0 aliphatic carbocycles. The fourth-order valence-corrected chi connectivity index (χ4v) is 5.44. The molecule has 0 fully saturated rings. The van der Waals surface area contributed by atoms with Gasteiger partial charge in [0.1, 0.15) is 5.54 Å². The van der Waals surface area contributed by atoms with Gasteiger partial charge in [-0.05, 0) is 47.0 Å². The normalized spacial score (nSPS) is 12.8. The summed E-state index contributed by atoms with van der Waals surface area (Å²) in [5.41, 5.74) is 7.36. The first-order valence-corrected chi connectivity index (χ1v) is 14.4. The standard InChI is InChI=1S/C29H26BrN3O4S/c1-38(36,37)26-10-6-5-9-25(26)21-11-13-22(14-12-21)29(27(31)34,19-20-7-3-2-4-8-20)33-28(35)32-24-17-15-23(30)16-18-24/h2-18H,19H2,1H3,(H2,31,34)(H2,32,33,35)/t29-/m0/s1. The van der Waals surface area contributed by atoms with E-state index in [0.717, 1.165) is 16.3 Å². The third kappa shape index (κ3) is 6.12. The van der Waals surface area contributed by atoms with E-state index >= 15 is 0 Å². The molecule has 7 nitrogen and oxygen atoms in total. The van der Waals surface area contributed by atoms with Gasteiger partial charge in [0, 0.05) is 28.4 Å². The first-order chi connectivity index (χ1) is 18.1. The van der Waals surface area contributed by atoms with E-state index in [1.54, 1.807) is 72.8 Å². The van der Waals surface area contributed by atoms with Gasteiger partial charge in [-0.15, -0.1) is 0 Å². The van der Waals surface area contributed by atoms with Crippen LogP contribution < -0.4 is 16.4 Å². The zero-order valence-corrected chi connectivity index (χ0v) is 22.9. The van der Waals surface area contributed by atoms with Crippen LogP contribution in [0.1, 0.15) is 11.1 Å². The number of anilines is 1. The molecule has 4 aromatic rings. The predicted molar refractivity (Wildman–Crippen MR) is 152 cm³/mol. The third-order valence-electron chi connectivity index (χ3n) is 6.14. The molecule has 0 aliphatic heterocycles. The molecule has 4 aromatic carbocycles. The zero-order chi connectivity index (χ0) is 27.3. The Kier molecular flexibility index (Phi) is 7.99. The second kappa shape index (κ2) is 11.2. The minimum Gasteiger partial charge on any atom is -0.367 e. The molecule has 3 amide bonds. The highest BCUT2D eigenvalue weighted by atomic mass is 79.9. The summed E-state index contributed by atoms with van der Waals surface area (Å²) in [4.78, 5) is 26.4. The summed E-state index contributed by atoms with van der Waals surface area (Å²) in [6.07, 6.45) is 1.27. The van der Waals surface area contributed by atoms with E-state index in [-0.39, 0.29) is 11.3 Å². The smallest absolute Gasteiger partial charge is 0.320 e. The van der Waals surface area contributed by atoms with Crippen LogP contribution in [0.25, 0.3) is 11.1 Å². The van der Waals surface area contributed by atoms with Crippen LogP contribution in [0.2, 0.25) is 0 Å². The molecule has 194 valence electrons. The Balaban J connectivity index is 1.75. The van der Waals surface area contributed by atoms with Crippen molar-refractivity contribution in [2.75, 3.05) is 11.6 Å². The van der Waals surface area contributed by atoms with Crippen LogP contribution in [0, 0.1) is 0 Å². The van der Waals surface area contributed by atoms with Crippen LogP contribution in [-0.4, -0.2) is 26.6 Å². The first kappa shape index (κ1) is 27.1. The summed E-state index contributed by atoms with van der Waals surface area (Å²) < 4.78 is 25.5. The van der Waals surface area contributed by atoms with Crippen molar-refractivity contribution in [2.24, 2.45) is 5.73 Å². The van der Waals surface area contributed by atoms with Gasteiger partial charge in [-0.2, -0.15) is 0 Å². The molecule has 0 saturated carbocycles. The fraction of sp³-hybridized carbons (Fsp3) is 0.103. The molecule has 0 spiro atoms. The topological polar surface area (TPSA) is 118 Å². The minimum absolute atomic E-state index is 0.107. The molecule has 38 heavy (non-hydrogen) atoms. The largest absolute Gasteiger partial charge is 0.367 e. The summed E-state index contributed by atoms with van der Waals surface area (Å²) in [6.45, 7) is 0. The summed E-state index contributed by atoms with van der Waals surface area (Å²) >= 11 is 3.36. The number of amides is 3. The Labute approximate surface area is 230 Å². The molecular weight excluding hydrogens is 566 g/mol. The molecule has 4 N–H and O–H groups in total. The monoisotopic (exact) mass is 591 g/mol. The first-order valence-electron chi connectivity index (χ1n) is 11.7. The molecule has 0 aliphatic rings. The second-order valence-electron chi connectivity index (χ2n) is 8.86. The van der Waals surface area contributed by atoms with Crippen LogP contribution in [-0.2, 0) is 26.6 Å². The van der Waals surface area contributed by atoms with Gasteiger partial charge in [0.25, 0.3) is 0 Å². The van der Waals surface area contributed by atoms with Gasteiger partial charge in [-0.3, -0.25) is 4.79 Å². The molecule has 9 heteroatoms. The SMILES string of the molecule is CS(=O)(=O)c1ccccc1-c1ccc([C@](Cc2ccccc2)(NC(=O)Nc2ccc(Br)cc2)C(N)=O)cc1.